The van der Waals surface area contributed by atoms with E-state index in [9.17, 15) is 5.26 Å². The van der Waals surface area contributed by atoms with E-state index in [0.29, 0.717) is 6.04 Å². The third kappa shape index (κ3) is 2.53. The van der Waals surface area contributed by atoms with Gasteiger partial charge in [-0.15, -0.1) is 0 Å². The van der Waals surface area contributed by atoms with E-state index in [1.807, 2.05) is 12.1 Å². The summed E-state index contributed by atoms with van der Waals surface area (Å²) in [6, 6.07) is 10.3. The van der Waals surface area contributed by atoms with E-state index < -0.39 is 0 Å². The molecule has 20 heavy (non-hydrogen) atoms. The SMILES string of the molecule is Cc1ccc(C#N)c(NC2CC3CCCC(C2)N3C)c1. The average molecular weight is 269 g/mol. The van der Waals surface area contributed by atoms with Gasteiger partial charge in [0, 0.05) is 18.1 Å². The predicted molar refractivity (Wildman–Crippen MR) is 81.7 cm³/mol. The minimum Gasteiger partial charge on any atom is -0.381 e. The summed E-state index contributed by atoms with van der Waals surface area (Å²) in [7, 11) is 2.28. The van der Waals surface area contributed by atoms with Crippen LogP contribution in [0.2, 0.25) is 0 Å². The Morgan fingerprint density at radius 3 is 2.60 bits per heavy atom. The predicted octanol–water partition coefficient (Wildman–Crippen LogP) is 3.29. The first-order valence-corrected chi connectivity index (χ1v) is 7.66. The summed E-state index contributed by atoms with van der Waals surface area (Å²) in [4.78, 5) is 2.57. The van der Waals surface area contributed by atoms with E-state index in [1.54, 1.807) is 0 Å². The molecule has 2 unspecified atom stereocenters. The molecule has 0 saturated carbocycles. The van der Waals surface area contributed by atoms with Crippen molar-refractivity contribution in [3.63, 3.8) is 0 Å². The lowest BCUT2D eigenvalue weighted by Gasteiger charge is -2.47. The molecule has 2 aliphatic rings. The lowest BCUT2D eigenvalue weighted by atomic mass is 9.82. The van der Waals surface area contributed by atoms with Gasteiger partial charge in [-0.2, -0.15) is 5.26 Å². The fourth-order valence-corrected chi connectivity index (χ4v) is 3.83. The first-order chi connectivity index (χ1) is 9.67. The Labute approximate surface area is 121 Å². The standard InChI is InChI=1S/C17H23N3/c1-12-6-7-13(11-18)17(8-12)19-14-9-15-4-3-5-16(10-14)20(15)2/h6-8,14-16,19H,3-5,9-10H2,1-2H3. The number of fused-ring (bicyclic) bond motifs is 2. The molecular formula is C17H23N3. The summed E-state index contributed by atoms with van der Waals surface area (Å²) in [6.07, 6.45) is 6.42. The van der Waals surface area contributed by atoms with Crippen molar-refractivity contribution in [1.29, 1.82) is 5.26 Å². The molecule has 1 N–H and O–H groups in total. The van der Waals surface area contributed by atoms with E-state index in [-0.39, 0.29) is 0 Å². The topological polar surface area (TPSA) is 39.1 Å². The average Bonchev–Trinajstić information content (AvgIpc) is 2.40. The van der Waals surface area contributed by atoms with Gasteiger partial charge in [0.25, 0.3) is 0 Å². The van der Waals surface area contributed by atoms with Crippen molar-refractivity contribution >= 4 is 5.69 Å². The number of anilines is 1. The second-order valence-corrected chi connectivity index (χ2v) is 6.38. The highest BCUT2D eigenvalue weighted by Gasteiger charge is 2.35. The van der Waals surface area contributed by atoms with Crippen molar-refractivity contribution in [2.75, 3.05) is 12.4 Å². The summed E-state index contributed by atoms with van der Waals surface area (Å²) >= 11 is 0. The molecule has 0 radical (unpaired) electrons. The molecule has 0 spiro atoms. The molecule has 0 aliphatic carbocycles. The highest BCUT2D eigenvalue weighted by Crippen LogP contribution is 2.34. The quantitative estimate of drug-likeness (QED) is 0.895. The molecule has 2 fully saturated rings. The zero-order valence-corrected chi connectivity index (χ0v) is 12.4. The molecule has 1 aromatic rings. The zero-order chi connectivity index (χ0) is 14.1. The van der Waals surface area contributed by atoms with Gasteiger partial charge in [0.05, 0.1) is 11.3 Å². The van der Waals surface area contributed by atoms with Crippen molar-refractivity contribution in [2.45, 2.75) is 57.2 Å². The molecule has 3 heteroatoms. The van der Waals surface area contributed by atoms with Crippen LogP contribution >= 0.6 is 0 Å². The Kier molecular flexibility index (Phi) is 3.67. The Hall–Kier alpha value is -1.53. The number of nitrogens with zero attached hydrogens (tertiary/aromatic N) is 2. The summed E-state index contributed by atoms with van der Waals surface area (Å²) in [5.74, 6) is 0. The van der Waals surface area contributed by atoms with Gasteiger partial charge >= 0.3 is 0 Å². The van der Waals surface area contributed by atoms with Crippen LogP contribution in [0, 0.1) is 18.3 Å². The summed E-state index contributed by atoms with van der Waals surface area (Å²) in [5.41, 5.74) is 2.99. The van der Waals surface area contributed by atoms with Crippen LogP contribution in [0.25, 0.3) is 0 Å². The van der Waals surface area contributed by atoms with E-state index in [2.05, 4.69) is 36.3 Å². The summed E-state index contributed by atoms with van der Waals surface area (Å²) < 4.78 is 0. The normalized spacial score (nSPS) is 29.8. The maximum absolute atomic E-state index is 9.24. The second kappa shape index (κ2) is 5.46. The van der Waals surface area contributed by atoms with Crippen molar-refractivity contribution in [3.05, 3.63) is 29.3 Å². The monoisotopic (exact) mass is 269 g/mol. The minimum atomic E-state index is 0.510. The largest absolute Gasteiger partial charge is 0.381 e. The molecule has 2 bridgehead atoms. The van der Waals surface area contributed by atoms with Crippen LogP contribution in [-0.4, -0.2) is 30.1 Å². The third-order valence-corrected chi connectivity index (χ3v) is 4.99. The molecule has 106 valence electrons. The van der Waals surface area contributed by atoms with E-state index in [0.717, 1.165) is 23.3 Å². The number of benzene rings is 1. The van der Waals surface area contributed by atoms with Gasteiger partial charge in [0.1, 0.15) is 6.07 Å². The number of hydrogen-bond donors (Lipinski definition) is 1. The molecule has 2 heterocycles. The van der Waals surface area contributed by atoms with Gasteiger partial charge < -0.3 is 10.2 Å². The van der Waals surface area contributed by atoms with Gasteiger partial charge in [-0.25, -0.2) is 0 Å². The maximum Gasteiger partial charge on any atom is 0.101 e. The van der Waals surface area contributed by atoms with Gasteiger partial charge in [0.2, 0.25) is 0 Å². The van der Waals surface area contributed by atoms with Gasteiger partial charge in [-0.1, -0.05) is 12.5 Å². The highest BCUT2D eigenvalue weighted by molar-refractivity contribution is 5.59. The van der Waals surface area contributed by atoms with Crippen molar-refractivity contribution < 1.29 is 0 Å². The summed E-state index contributed by atoms with van der Waals surface area (Å²) in [5, 5.41) is 12.9. The van der Waals surface area contributed by atoms with Crippen molar-refractivity contribution in [3.8, 4) is 6.07 Å². The number of aryl methyl sites for hydroxylation is 1. The molecule has 2 saturated heterocycles. The molecule has 2 atom stereocenters. The van der Waals surface area contributed by atoms with Crippen molar-refractivity contribution in [2.24, 2.45) is 0 Å². The fourth-order valence-electron chi connectivity index (χ4n) is 3.83. The number of rotatable bonds is 2. The molecule has 3 rings (SSSR count). The van der Waals surface area contributed by atoms with E-state index in [4.69, 9.17) is 0 Å². The Morgan fingerprint density at radius 2 is 1.95 bits per heavy atom. The molecule has 0 amide bonds. The highest BCUT2D eigenvalue weighted by atomic mass is 15.2. The smallest absolute Gasteiger partial charge is 0.101 e. The molecule has 1 aromatic carbocycles. The fraction of sp³-hybridized carbons (Fsp3) is 0.588. The van der Waals surface area contributed by atoms with E-state index in [1.165, 1.54) is 37.7 Å². The Morgan fingerprint density at radius 1 is 1.25 bits per heavy atom. The molecule has 3 nitrogen and oxygen atoms in total. The van der Waals surface area contributed by atoms with Gasteiger partial charge in [0.15, 0.2) is 0 Å². The first-order valence-electron chi connectivity index (χ1n) is 7.66. The van der Waals surface area contributed by atoms with Crippen LogP contribution in [0.4, 0.5) is 5.69 Å². The van der Waals surface area contributed by atoms with Crippen LogP contribution in [-0.2, 0) is 0 Å². The lowest BCUT2D eigenvalue weighted by Crippen LogP contribution is -2.52. The number of hydrogen-bond acceptors (Lipinski definition) is 3. The molecule has 2 aliphatic heterocycles. The second-order valence-electron chi connectivity index (χ2n) is 6.38. The van der Waals surface area contributed by atoms with Crippen LogP contribution < -0.4 is 5.32 Å². The van der Waals surface area contributed by atoms with E-state index >= 15 is 0 Å². The molecule has 0 aromatic heterocycles. The number of piperidine rings is 2. The van der Waals surface area contributed by atoms with Gasteiger partial charge in [-0.05, 0) is 57.4 Å². The number of nitriles is 1. The summed E-state index contributed by atoms with van der Waals surface area (Å²) in [6.45, 7) is 2.08. The third-order valence-electron chi connectivity index (χ3n) is 4.99. The van der Waals surface area contributed by atoms with Crippen molar-refractivity contribution in [1.82, 2.24) is 4.90 Å². The van der Waals surface area contributed by atoms with Crippen LogP contribution in [0.15, 0.2) is 18.2 Å². The Balaban J connectivity index is 1.76. The zero-order valence-electron chi connectivity index (χ0n) is 12.4. The maximum atomic E-state index is 9.24. The van der Waals surface area contributed by atoms with Crippen LogP contribution in [0.1, 0.15) is 43.2 Å². The van der Waals surface area contributed by atoms with Crippen LogP contribution in [0.3, 0.4) is 0 Å². The minimum absolute atomic E-state index is 0.510. The first kappa shape index (κ1) is 13.5. The number of nitrogens with one attached hydrogen (secondary N) is 1. The van der Waals surface area contributed by atoms with Gasteiger partial charge in [-0.3, -0.25) is 0 Å². The Bertz CT molecular complexity index is 518. The molecular weight excluding hydrogens is 246 g/mol. The van der Waals surface area contributed by atoms with Crippen LogP contribution in [0.5, 0.6) is 0 Å². The lowest BCUT2D eigenvalue weighted by molar-refractivity contribution is 0.0608.